The zero-order valence-electron chi connectivity index (χ0n) is 10.8. The average Bonchev–Trinajstić information content (AvgIpc) is 2.32. The number of aryl methyl sites for hydroxylation is 1. The molecule has 1 heterocycles. The summed E-state index contributed by atoms with van der Waals surface area (Å²) >= 11 is 1.82. The van der Waals surface area contributed by atoms with E-state index < -0.39 is 0 Å². The lowest BCUT2D eigenvalue weighted by Gasteiger charge is -2.33. The Kier molecular flexibility index (Phi) is 4.40. The van der Waals surface area contributed by atoms with Crippen molar-refractivity contribution in [3.63, 3.8) is 0 Å². The van der Waals surface area contributed by atoms with Crippen LogP contribution in [-0.4, -0.2) is 28.3 Å². The van der Waals surface area contributed by atoms with Crippen molar-refractivity contribution in [2.24, 2.45) is 5.92 Å². The number of nitrogens with zero attached hydrogens (tertiary/aromatic N) is 2. The van der Waals surface area contributed by atoms with E-state index in [1.807, 2.05) is 31.1 Å². The largest absolute Gasteiger partial charge is 0.316 e. The number of thioether (sulfide) groups is 1. The predicted molar refractivity (Wildman–Crippen MR) is 72.3 cm³/mol. The Balaban J connectivity index is 2.02. The SMILES string of the molecule is CNC1CCC(C)CC1Sc1ncc(C)cn1. The molecule has 0 aromatic carbocycles. The third-order valence-electron chi connectivity index (χ3n) is 3.44. The van der Waals surface area contributed by atoms with E-state index in [0.29, 0.717) is 11.3 Å². The van der Waals surface area contributed by atoms with Crippen LogP contribution in [-0.2, 0) is 0 Å². The highest BCUT2D eigenvalue weighted by Crippen LogP contribution is 2.34. The Bertz CT molecular complexity index is 352. The van der Waals surface area contributed by atoms with Crippen molar-refractivity contribution >= 4 is 11.8 Å². The molecular formula is C13H21N3S. The van der Waals surface area contributed by atoms with Crippen molar-refractivity contribution < 1.29 is 0 Å². The minimum absolute atomic E-state index is 0.598. The fraction of sp³-hybridized carbons (Fsp3) is 0.692. The summed E-state index contributed by atoms with van der Waals surface area (Å²) in [6.45, 7) is 4.36. The van der Waals surface area contributed by atoms with Crippen LogP contribution in [0.4, 0.5) is 0 Å². The van der Waals surface area contributed by atoms with Crippen LogP contribution < -0.4 is 5.32 Å². The van der Waals surface area contributed by atoms with Gasteiger partial charge < -0.3 is 5.32 Å². The van der Waals surface area contributed by atoms with E-state index >= 15 is 0 Å². The van der Waals surface area contributed by atoms with Gasteiger partial charge in [0.05, 0.1) is 0 Å². The summed E-state index contributed by atoms with van der Waals surface area (Å²) in [4.78, 5) is 8.78. The van der Waals surface area contributed by atoms with E-state index in [9.17, 15) is 0 Å². The standard InChI is InChI=1S/C13H21N3S/c1-9-4-5-11(14-3)12(6-9)17-13-15-7-10(2)8-16-13/h7-9,11-12,14H,4-6H2,1-3H3. The van der Waals surface area contributed by atoms with Crippen molar-refractivity contribution in [3.8, 4) is 0 Å². The van der Waals surface area contributed by atoms with Crippen LogP contribution in [0.15, 0.2) is 17.6 Å². The molecule has 1 saturated carbocycles. The summed E-state index contributed by atoms with van der Waals surface area (Å²) in [6, 6.07) is 0.598. The van der Waals surface area contributed by atoms with Gasteiger partial charge in [-0.3, -0.25) is 0 Å². The summed E-state index contributed by atoms with van der Waals surface area (Å²) in [7, 11) is 2.06. The predicted octanol–water partition coefficient (Wildman–Crippen LogP) is 2.65. The number of nitrogens with one attached hydrogen (secondary N) is 1. The van der Waals surface area contributed by atoms with Crippen LogP contribution in [0.3, 0.4) is 0 Å². The molecule has 17 heavy (non-hydrogen) atoms. The molecule has 0 spiro atoms. The summed E-state index contributed by atoms with van der Waals surface area (Å²) < 4.78 is 0. The molecule has 4 heteroatoms. The van der Waals surface area contributed by atoms with Crippen LogP contribution in [0.2, 0.25) is 0 Å². The molecule has 0 aliphatic heterocycles. The number of rotatable bonds is 3. The van der Waals surface area contributed by atoms with Crippen molar-refractivity contribution in [2.75, 3.05) is 7.05 Å². The van der Waals surface area contributed by atoms with Gasteiger partial charge in [0.15, 0.2) is 5.16 Å². The van der Waals surface area contributed by atoms with Crippen LogP contribution >= 0.6 is 11.8 Å². The number of hydrogen-bond donors (Lipinski definition) is 1. The molecule has 94 valence electrons. The highest BCUT2D eigenvalue weighted by molar-refractivity contribution is 7.99. The maximum Gasteiger partial charge on any atom is 0.187 e. The van der Waals surface area contributed by atoms with Gasteiger partial charge in [0.25, 0.3) is 0 Å². The molecule has 1 fully saturated rings. The van der Waals surface area contributed by atoms with Gasteiger partial charge in [0.2, 0.25) is 0 Å². The van der Waals surface area contributed by atoms with Gasteiger partial charge >= 0.3 is 0 Å². The van der Waals surface area contributed by atoms with E-state index in [1.165, 1.54) is 19.3 Å². The quantitative estimate of drug-likeness (QED) is 0.838. The third kappa shape index (κ3) is 3.42. The first-order valence-electron chi connectivity index (χ1n) is 6.31. The Morgan fingerprint density at radius 2 is 2.00 bits per heavy atom. The van der Waals surface area contributed by atoms with Crippen LogP contribution in [0.1, 0.15) is 31.7 Å². The molecule has 0 saturated heterocycles. The Morgan fingerprint density at radius 3 is 2.65 bits per heavy atom. The van der Waals surface area contributed by atoms with Crippen molar-refractivity contribution in [3.05, 3.63) is 18.0 Å². The lowest BCUT2D eigenvalue weighted by atomic mass is 9.87. The molecule has 3 atom stereocenters. The van der Waals surface area contributed by atoms with Crippen molar-refractivity contribution in [2.45, 2.75) is 49.6 Å². The molecule has 0 radical (unpaired) electrons. The Hall–Kier alpha value is -0.610. The molecule has 3 nitrogen and oxygen atoms in total. The molecule has 1 aliphatic rings. The summed E-state index contributed by atoms with van der Waals surface area (Å²) in [6.07, 6.45) is 7.65. The maximum absolute atomic E-state index is 4.39. The molecule has 0 bridgehead atoms. The van der Waals surface area contributed by atoms with E-state index in [0.717, 1.165) is 16.6 Å². The lowest BCUT2D eigenvalue weighted by molar-refractivity contribution is 0.329. The van der Waals surface area contributed by atoms with E-state index in [4.69, 9.17) is 0 Å². The van der Waals surface area contributed by atoms with Crippen LogP contribution in [0, 0.1) is 12.8 Å². The molecule has 2 rings (SSSR count). The van der Waals surface area contributed by atoms with E-state index in [1.54, 1.807) is 0 Å². The molecular weight excluding hydrogens is 230 g/mol. The number of aromatic nitrogens is 2. The van der Waals surface area contributed by atoms with Gasteiger partial charge in [-0.15, -0.1) is 0 Å². The van der Waals surface area contributed by atoms with Gasteiger partial charge in [-0.25, -0.2) is 9.97 Å². The zero-order chi connectivity index (χ0) is 12.3. The van der Waals surface area contributed by atoms with Gasteiger partial charge in [0.1, 0.15) is 0 Å². The second kappa shape index (κ2) is 5.83. The van der Waals surface area contributed by atoms with Gasteiger partial charge in [-0.1, -0.05) is 18.7 Å². The number of hydrogen-bond acceptors (Lipinski definition) is 4. The van der Waals surface area contributed by atoms with Gasteiger partial charge in [0, 0.05) is 23.7 Å². The van der Waals surface area contributed by atoms with Crippen molar-refractivity contribution in [1.29, 1.82) is 0 Å². The Morgan fingerprint density at radius 1 is 1.29 bits per heavy atom. The first-order valence-corrected chi connectivity index (χ1v) is 7.19. The zero-order valence-corrected chi connectivity index (χ0v) is 11.6. The fourth-order valence-electron chi connectivity index (χ4n) is 2.37. The topological polar surface area (TPSA) is 37.8 Å². The normalized spacial score (nSPS) is 29.2. The smallest absolute Gasteiger partial charge is 0.187 e. The highest BCUT2D eigenvalue weighted by Gasteiger charge is 2.28. The molecule has 1 aliphatic carbocycles. The second-order valence-corrected chi connectivity index (χ2v) is 6.22. The minimum atomic E-state index is 0.598. The summed E-state index contributed by atoms with van der Waals surface area (Å²) in [5.41, 5.74) is 1.12. The van der Waals surface area contributed by atoms with Crippen molar-refractivity contribution in [1.82, 2.24) is 15.3 Å². The first kappa shape index (κ1) is 12.8. The van der Waals surface area contributed by atoms with Gasteiger partial charge in [-0.05, 0) is 44.7 Å². The fourth-order valence-corrected chi connectivity index (χ4v) is 3.73. The molecule has 3 unspecified atom stereocenters. The highest BCUT2D eigenvalue weighted by atomic mass is 32.2. The molecule has 1 aromatic rings. The first-order chi connectivity index (χ1) is 8.19. The van der Waals surface area contributed by atoms with Gasteiger partial charge in [-0.2, -0.15) is 0 Å². The molecule has 1 N–H and O–H groups in total. The lowest BCUT2D eigenvalue weighted by Crippen LogP contribution is -2.40. The maximum atomic E-state index is 4.39. The monoisotopic (exact) mass is 251 g/mol. The van der Waals surface area contributed by atoms with E-state index in [-0.39, 0.29) is 0 Å². The molecule has 0 amide bonds. The van der Waals surface area contributed by atoms with E-state index in [2.05, 4.69) is 29.3 Å². The third-order valence-corrected chi connectivity index (χ3v) is 4.68. The summed E-state index contributed by atoms with van der Waals surface area (Å²) in [5.74, 6) is 0.822. The minimum Gasteiger partial charge on any atom is -0.316 e. The van der Waals surface area contributed by atoms with Crippen LogP contribution in [0.25, 0.3) is 0 Å². The van der Waals surface area contributed by atoms with Crippen LogP contribution in [0.5, 0.6) is 0 Å². The Labute approximate surface area is 108 Å². The molecule has 1 aromatic heterocycles. The summed E-state index contributed by atoms with van der Waals surface area (Å²) in [5, 5.41) is 4.94. The average molecular weight is 251 g/mol. The second-order valence-electron chi connectivity index (χ2n) is 5.01.